The van der Waals surface area contributed by atoms with E-state index >= 15 is 0 Å². The lowest BCUT2D eigenvalue weighted by Crippen LogP contribution is -1.97. The molecule has 0 saturated carbocycles. The van der Waals surface area contributed by atoms with Crippen molar-refractivity contribution >= 4 is 0 Å². The average molecular weight is 188 g/mol. The zero-order valence-corrected chi connectivity index (χ0v) is 8.69. The van der Waals surface area contributed by atoms with E-state index in [9.17, 15) is 5.11 Å². The number of phenols is 1. The van der Waals surface area contributed by atoms with Gasteiger partial charge in [0.1, 0.15) is 5.75 Å². The van der Waals surface area contributed by atoms with E-state index in [4.69, 9.17) is 0 Å². The molecular weight excluding hydrogens is 172 g/mol. The van der Waals surface area contributed by atoms with Gasteiger partial charge in [0.25, 0.3) is 0 Å². The van der Waals surface area contributed by atoms with Gasteiger partial charge in [-0.25, -0.2) is 0 Å². The van der Waals surface area contributed by atoms with Gasteiger partial charge in [-0.2, -0.15) is 0 Å². The van der Waals surface area contributed by atoms with E-state index in [0.717, 1.165) is 12.0 Å². The maximum Gasteiger partial charge on any atom is 0.122 e. The van der Waals surface area contributed by atoms with E-state index in [2.05, 4.69) is 6.92 Å². The highest BCUT2D eigenvalue weighted by molar-refractivity contribution is 5.57. The van der Waals surface area contributed by atoms with E-state index in [1.165, 1.54) is 48.8 Å². The normalized spacial score (nSPS) is 18.4. The molecule has 1 aromatic rings. The second-order valence-electron chi connectivity index (χ2n) is 4.59. The fourth-order valence-corrected chi connectivity index (χ4v) is 3.20. The van der Waals surface area contributed by atoms with Crippen molar-refractivity contribution in [2.45, 2.75) is 45.4 Å². The van der Waals surface area contributed by atoms with Gasteiger partial charge in [0, 0.05) is 0 Å². The summed E-state index contributed by atoms with van der Waals surface area (Å²) in [5, 5.41) is 10.1. The molecule has 2 aliphatic rings. The Labute approximate surface area is 84.8 Å². The number of phenolic OH excluding ortho intramolecular Hbond substituents is 1. The van der Waals surface area contributed by atoms with Crippen LogP contribution < -0.4 is 0 Å². The van der Waals surface area contributed by atoms with Crippen LogP contribution in [0.1, 0.15) is 40.7 Å². The van der Waals surface area contributed by atoms with Gasteiger partial charge in [-0.1, -0.05) is 0 Å². The lowest BCUT2D eigenvalue weighted by atomic mass is 9.94. The summed E-state index contributed by atoms with van der Waals surface area (Å²) in [5.74, 6) is 0.609. The van der Waals surface area contributed by atoms with E-state index in [1.807, 2.05) is 0 Å². The molecule has 0 unspecified atom stereocenters. The molecule has 0 radical (unpaired) electrons. The third-order valence-corrected chi connectivity index (χ3v) is 3.89. The fraction of sp³-hybridized carbons (Fsp3) is 0.538. The molecule has 2 aliphatic carbocycles. The van der Waals surface area contributed by atoms with Crippen molar-refractivity contribution in [3.63, 3.8) is 0 Å². The number of hydrogen-bond acceptors (Lipinski definition) is 1. The lowest BCUT2D eigenvalue weighted by molar-refractivity contribution is 0.464. The van der Waals surface area contributed by atoms with Crippen LogP contribution >= 0.6 is 0 Å². The number of rotatable bonds is 0. The number of aromatic hydroxyl groups is 1. The summed E-state index contributed by atoms with van der Waals surface area (Å²) in [6, 6.07) is 0. The molecular formula is C13H16O. The van der Waals surface area contributed by atoms with E-state index in [1.54, 1.807) is 5.56 Å². The predicted octanol–water partition coefficient (Wildman–Crippen LogP) is 2.68. The predicted molar refractivity (Wildman–Crippen MR) is 56.9 cm³/mol. The Morgan fingerprint density at radius 2 is 1.29 bits per heavy atom. The Morgan fingerprint density at radius 3 is 2.00 bits per heavy atom. The van der Waals surface area contributed by atoms with Crippen molar-refractivity contribution in [2.24, 2.45) is 0 Å². The second kappa shape index (κ2) is 2.75. The molecule has 0 atom stereocenters. The first-order valence-corrected chi connectivity index (χ1v) is 5.64. The number of hydrogen-bond donors (Lipinski definition) is 1. The van der Waals surface area contributed by atoms with Crippen LogP contribution in [0.2, 0.25) is 0 Å². The van der Waals surface area contributed by atoms with Crippen molar-refractivity contribution in [2.75, 3.05) is 0 Å². The highest BCUT2D eigenvalue weighted by atomic mass is 16.3. The Hall–Kier alpha value is -0.980. The van der Waals surface area contributed by atoms with Crippen molar-refractivity contribution in [1.82, 2.24) is 0 Å². The molecule has 1 nitrogen and oxygen atoms in total. The Morgan fingerprint density at radius 1 is 0.786 bits per heavy atom. The third kappa shape index (κ3) is 0.902. The third-order valence-electron chi connectivity index (χ3n) is 3.89. The molecule has 3 rings (SSSR count). The van der Waals surface area contributed by atoms with Gasteiger partial charge in [-0.05, 0) is 73.3 Å². The zero-order chi connectivity index (χ0) is 9.71. The Balaban J connectivity index is 2.34. The summed E-state index contributed by atoms with van der Waals surface area (Å²) in [5.41, 5.74) is 6.98. The van der Waals surface area contributed by atoms with Crippen molar-refractivity contribution in [1.29, 1.82) is 0 Å². The van der Waals surface area contributed by atoms with Gasteiger partial charge >= 0.3 is 0 Å². The maximum atomic E-state index is 10.1. The van der Waals surface area contributed by atoms with Gasteiger partial charge in [0.05, 0.1) is 0 Å². The fourth-order valence-electron chi connectivity index (χ4n) is 3.20. The summed E-state index contributed by atoms with van der Waals surface area (Å²) in [4.78, 5) is 0. The highest BCUT2D eigenvalue weighted by Gasteiger charge is 2.26. The first-order chi connectivity index (χ1) is 6.79. The second-order valence-corrected chi connectivity index (χ2v) is 4.59. The van der Waals surface area contributed by atoms with Crippen molar-refractivity contribution in [3.05, 3.63) is 27.8 Å². The summed E-state index contributed by atoms with van der Waals surface area (Å²) in [7, 11) is 0. The molecule has 0 fully saturated rings. The van der Waals surface area contributed by atoms with Gasteiger partial charge in [0.2, 0.25) is 0 Å². The lowest BCUT2D eigenvalue weighted by Gasteiger charge is -2.13. The minimum Gasteiger partial charge on any atom is -0.507 e. The average Bonchev–Trinajstić information content (AvgIpc) is 2.80. The van der Waals surface area contributed by atoms with Crippen LogP contribution in [0.5, 0.6) is 5.75 Å². The maximum absolute atomic E-state index is 10.1. The largest absolute Gasteiger partial charge is 0.507 e. The molecule has 1 heteroatoms. The molecule has 0 aliphatic heterocycles. The van der Waals surface area contributed by atoms with E-state index in [0.29, 0.717) is 5.75 Å². The van der Waals surface area contributed by atoms with Crippen LogP contribution in [0.3, 0.4) is 0 Å². The molecule has 0 spiro atoms. The smallest absolute Gasteiger partial charge is 0.122 e. The van der Waals surface area contributed by atoms with Crippen LogP contribution in [0, 0.1) is 6.92 Å². The molecule has 74 valence electrons. The molecule has 0 saturated heterocycles. The first-order valence-electron chi connectivity index (χ1n) is 5.64. The number of fused-ring (bicyclic) bond motifs is 3. The summed E-state index contributed by atoms with van der Waals surface area (Å²) < 4.78 is 0. The van der Waals surface area contributed by atoms with Gasteiger partial charge < -0.3 is 5.11 Å². The quantitative estimate of drug-likeness (QED) is 0.663. The molecule has 0 bridgehead atoms. The minimum atomic E-state index is 0.609. The summed E-state index contributed by atoms with van der Waals surface area (Å²) >= 11 is 0. The topological polar surface area (TPSA) is 20.2 Å². The Bertz CT molecular complexity index is 365. The summed E-state index contributed by atoms with van der Waals surface area (Å²) in [6.45, 7) is 2.08. The van der Waals surface area contributed by atoms with Crippen LogP contribution in [0.15, 0.2) is 0 Å². The standard InChI is InChI=1S/C13H16O/c1-8-9-4-2-5-10(9)11-6-3-7-12(11)13(8)14/h14H,2-7H2,1H3. The van der Waals surface area contributed by atoms with E-state index < -0.39 is 0 Å². The zero-order valence-electron chi connectivity index (χ0n) is 8.69. The highest BCUT2D eigenvalue weighted by Crippen LogP contribution is 2.41. The summed E-state index contributed by atoms with van der Waals surface area (Å²) in [6.07, 6.45) is 7.24. The Kier molecular flexibility index (Phi) is 1.64. The number of benzene rings is 1. The van der Waals surface area contributed by atoms with Gasteiger partial charge in [-0.15, -0.1) is 0 Å². The molecule has 1 aromatic carbocycles. The first kappa shape index (κ1) is 8.34. The van der Waals surface area contributed by atoms with Gasteiger partial charge in [-0.3, -0.25) is 0 Å². The molecule has 0 aromatic heterocycles. The van der Waals surface area contributed by atoms with Crippen LogP contribution in [-0.4, -0.2) is 5.11 Å². The van der Waals surface area contributed by atoms with Crippen LogP contribution in [0.4, 0.5) is 0 Å². The van der Waals surface area contributed by atoms with Crippen LogP contribution in [-0.2, 0) is 25.7 Å². The van der Waals surface area contributed by atoms with E-state index in [-0.39, 0.29) is 0 Å². The molecule has 0 heterocycles. The van der Waals surface area contributed by atoms with Crippen LogP contribution in [0.25, 0.3) is 0 Å². The SMILES string of the molecule is Cc1c(O)c2c(c3c1CCC3)CCC2. The van der Waals surface area contributed by atoms with Crippen molar-refractivity contribution < 1.29 is 5.11 Å². The van der Waals surface area contributed by atoms with Crippen molar-refractivity contribution in [3.8, 4) is 5.75 Å². The van der Waals surface area contributed by atoms with Gasteiger partial charge in [0.15, 0.2) is 0 Å². The molecule has 14 heavy (non-hydrogen) atoms. The monoisotopic (exact) mass is 188 g/mol. The molecule has 0 amide bonds. The molecule has 1 N–H and O–H groups in total. The minimum absolute atomic E-state index is 0.609.